The fourth-order valence-corrected chi connectivity index (χ4v) is 4.19. The van der Waals surface area contributed by atoms with Crippen LogP contribution >= 0.6 is 0 Å². The topological polar surface area (TPSA) is 86.5 Å². The number of nitrogens with one attached hydrogen (secondary N) is 1. The highest BCUT2D eigenvalue weighted by Gasteiger charge is 2.46. The Morgan fingerprint density at radius 1 is 1.09 bits per heavy atom. The minimum absolute atomic E-state index is 0.0370. The molecule has 1 aliphatic carbocycles. The van der Waals surface area contributed by atoms with Crippen molar-refractivity contribution in [2.24, 2.45) is 5.92 Å². The van der Waals surface area contributed by atoms with Gasteiger partial charge in [0.2, 0.25) is 5.91 Å². The Balaban J connectivity index is 1.25. The first-order valence-corrected chi connectivity index (χ1v) is 11.1. The van der Waals surface area contributed by atoms with E-state index >= 15 is 0 Å². The molecule has 1 saturated carbocycles. The van der Waals surface area contributed by atoms with Crippen molar-refractivity contribution in [3.8, 4) is 16.9 Å². The zero-order chi connectivity index (χ0) is 22.1. The van der Waals surface area contributed by atoms with Crippen molar-refractivity contribution in [3.05, 3.63) is 59.6 Å². The van der Waals surface area contributed by atoms with Crippen molar-refractivity contribution >= 4 is 11.7 Å². The Kier molecular flexibility index (Phi) is 5.66. The van der Waals surface area contributed by atoms with E-state index in [9.17, 15) is 4.79 Å². The monoisotopic (exact) mass is 433 g/mol. The van der Waals surface area contributed by atoms with Gasteiger partial charge in [0.15, 0.2) is 0 Å². The SMILES string of the molecule is Cc1cc([C@@H]2C[C@H]2C(=O)Nc2cc(-c3ccc(OC4CCOCC4)c(C)c3)ccn2)on1. The third-order valence-corrected chi connectivity index (χ3v) is 6.12. The second-order valence-corrected chi connectivity index (χ2v) is 8.65. The molecule has 7 nitrogen and oxygen atoms in total. The van der Waals surface area contributed by atoms with Gasteiger partial charge in [-0.05, 0) is 61.2 Å². The highest BCUT2D eigenvalue weighted by atomic mass is 16.5. The number of anilines is 1. The van der Waals surface area contributed by atoms with Gasteiger partial charge in [-0.1, -0.05) is 11.2 Å². The van der Waals surface area contributed by atoms with Gasteiger partial charge < -0.3 is 19.3 Å². The molecule has 7 heteroatoms. The molecule has 2 aromatic heterocycles. The Bertz CT molecular complexity index is 1120. The number of pyridine rings is 1. The van der Waals surface area contributed by atoms with Crippen LogP contribution < -0.4 is 10.1 Å². The van der Waals surface area contributed by atoms with Crippen LogP contribution in [-0.4, -0.2) is 35.4 Å². The Morgan fingerprint density at radius 2 is 1.91 bits per heavy atom. The predicted octanol–water partition coefficient (Wildman–Crippen LogP) is 4.65. The number of carbonyl (C=O) groups excluding carboxylic acids is 1. The number of hydrogen-bond acceptors (Lipinski definition) is 6. The number of amides is 1. The van der Waals surface area contributed by atoms with Gasteiger partial charge in [0.25, 0.3) is 0 Å². The lowest BCUT2D eigenvalue weighted by atomic mass is 10.0. The average molecular weight is 434 g/mol. The standard InChI is InChI=1S/C25H27N3O4/c1-15-11-17(3-4-22(15)31-19-6-9-30-10-7-19)18-5-8-26-24(13-18)27-25(29)21-14-20(21)23-12-16(2)28-32-23/h3-5,8,11-13,19-21H,6-7,9-10,14H2,1-2H3,(H,26,27,29)/t20-,21-/m1/s1. The summed E-state index contributed by atoms with van der Waals surface area (Å²) in [5.41, 5.74) is 3.97. The summed E-state index contributed by atoms with van der Waals surface area (Å²) in [6.45, 7) is 5.45. The van der Waals surface area contributed by atoms with Gasteiger partial charge in [0, 0.05) is 36.9 Å². The van der Waals surface area contributed by atoms with Crippen molar-refractivity contribution < 1.29 is 18.8 Å². The van der Waals surface area contributed by atoms with Gasteiger partial charge in [-0.25, -0.2) is 4.98 Å². The second kappa shape index (κ2) is 8.74. The molecule has 2 aliphatic rings. The van der Waals surface area contributed by atoms with Crippen LogP contribution in [0.4, 0.5) is 5.82 Å². The summed E-state index contributed by atoms with van der Waals surface area (Å²) in [7, 11) is 0. The average Bonchev–Trinajstić information content (AvgIpc) is 3.49. The number of ether oxygens (including phenoxy) is 2. The van der Waals surface area contributed by atoms with Crippen LogP contribution in [0.1, 0.15) is 42.2 Å². The molecule has 5 rings (SSSR count). The van der Waals surface area contributed by atoms with Gasteiger partial charge in [0.1, 0.15) is 23.4 Å². The van der Waals surface area contributed by atoms with Gasteiger partial charge in [-0.2, -0.15) is 0 Å². The summed E-state index contributed by atoms with van der Waals surface area (Å²) in [6, 6.07) is 11.9. The van der Waals surface area contributed by atoms with Gasteiger partial charge in [-0.15, -0.1) is 0 Å². The van der Waals surface area contributed by atoms with Crippen LogP contribution in [-0.2, 0) is 9.53 Å². The zero-order valence-corrected chi connectivity index (χ0v) is 18.3. The van der Waals surface area contributed by atoms with Crippen molar-refractivity contribution in [1.29, 1.82) is 0 Å². The van der Waals surface area contributed by atoms with Crippen LogP contribution in [0.5, 0.6) is 5.75 Å². The molecule has 2 atom stereocenters. The summed E-state index contributed by atoms with van der Waals surface area (Å²) in [4.78, 5) is 17.0. The lowest BCUT2D eigenvalue weighted by Crippen LogP contribution is -2.26. The predicted molar refractivity (Wildman–Crippen MR) is 120 cm³/mol. The number of nitrogens with zero attached hydrogens (tertiary/aromatic N) is 2. The molecule has 1 amide bonds. The molecule has 3 heterocycles. The largest absolute Gasteiger partial charge is 0.490 e. The first kappa shape index (κ1) is 20.7. The summed E-state index contributed by atoms with van der Waals surface area (Å²) < 4.78 is 16.9. The van der Waals surface area contributed by atoms with Crippen molar-refractivity contribution in [2.45, 2.75) is 45.1 Å². The molecule has 2 fully saturated rings. The maximum absolute atomic E-state index is 12.7. The molecule has 0 radical (unpaired) electrons. The van der Waals surface area contributed by atoms with Crippen LogP contribution in [0, 0.1) is 19.8 Å². The van der Waals surface area contributed by atoms with Gasteiger partial charge >= 0.3 is 0 Å². The fourth-order valence-electron chi connectivity index (χ4n) is 4.19. The lowest BCUT2D eigenvalue weighted by Gasteiger charge is -2.24. The van der Waals surface area contributed by atoms with Crippen LogP contribution in [0.2, 0.25) is 0 Å². The molecular formula is C25H27N3O4. The lowest BCUT2D eigenvalue weighted by molar-refractivity contribution is -0.117. The molecule has 0 unspecified atom stereocenters. The molecule has 32 heavy (non-hydrogen) atoms. The third-order valence-electron chi connectivity index (χ3n) is 6.12. The molecule has 0 bridgehead atoms. The smallest absolute Gasteiger partial charge is 0.229 e. The quantitative estimate of drug-likeness (QED) is 0.609. The van der Waals surface area contributed by atoms with Gasteiger partial charge in [0.05, 0.1) is 18.9 Å². The fraction of sp³-hybridized carbons (Fsp3) is 0.400. The van der Waals surface area contributed by atoms with Gasteiger partial charge in [-0.3, -0.25) is 4.79 Å². The Hall–Kier alpha value is -3.19. The zero-order valence-electron chi connectivity index (χ0n) is 18.3. The first-order valence-electron chi connectivity index (χ1n) is 11.1. The number of aromatic nitrogens is 2. The molecule has 166 valence electrons. The van der Waals surface area contributed by atoms with Crippen LogP contribution in [0.3, 0.4) is 0 Å². The van der Waals surface area contributed by atoms with E-state index in [1.54, 1.807) is 6.20 Å². The van der Waals surface area contributed by atoms with Crippen LogP contribution in [0.25, 0.3) is 11.1 Å². The maximum atomic E-state index is 12.7. The van der Waals surface area contributed by atoms with E-state index in [-0.39, 0.29) is 23.8 Å². The number of aryl methyl sites for hydroxylation is 2. The molecule has 1 saturated heterocycles. The van der Waals surface area contributed by atoms with Crippen molar-refractivity contribution in [2.75, 3.05) is 18.5 Å². The Labute approximate surface area is 187 Å². The molecule has 3 aromatic rings. The van der Waals surface area contributed by atoms with E-state index < -0.39 is 0 Å². The second-order valence-electron chi connectivity index (χ2n) is 8.65. The van der Waals surface area contributed by atoms with E-state index in [4.69, 9.17) is 14.0 Å². The highest BCUT2D eigenvalue weighted by Crippen LogP contribution is 2.48. The normalized spacial score (nSPS) is 20.7. The summed E-state index contributed by atoms with van der Waals surface area (Å²) in [5, 5.41) is 6.87. The molecule has 1 N–H and O–H groups in total. The number of benzene rings is 1. The summed E-state index contributed by atoms with van der Waals surface area (Å²) in [5.74, 6) is 2.20. The highest BCUT2D eigenvalue weighted by molar-refractivity contribution is 5.94. The minimum Gasteiger partial charge on any atom is -0.490 e. The maximum Gasteiger partial charge on any atom is 0.229 e. The molecular weight excluding hydrogens is 406 g/mol. The Morgan fingerprint density at radius 3 is 2.66 bits per heavy atom. The van der Waals surface area contributed by atoms with E-state index in [2.05, 4.69) is 28.4 Å². The molecule has 0 spiro atoms. The van der Waals surface area contributed by atoms with Crippen molar-refractivity contribution in [1.82, 2.24) is 10.1 Å². The first-order chi connectivity index (χ1) is 15.6. The third kappa shape index (κ3) is 4.53. The molecule has 1 aromatic carbocycles. The van der Waals surface area contributed by atoms with E-state index in [0.29, 0.717) is 5.82 Å². The van der Waals surface area contributed by atoms with Crippen molar-refractivity contribution in [3.63, 3.8) is 0 Å². The van der Waals surface area contributed by atoms with E-state index in [0.717, 1.165) is 66.4 Å². The number of rotatable bonds is 6. The number of carbonyl (C=O) groups is 1. The summed E-state index contributed by atoms with van der Waals surface area (Å²) in [6.07, 6.45) is 4.55. The number of hydrogen-bond donors (Lipinski definition) is 1. The van der Waals surface area contributed by atoms with E-state index in [1.807, 2.05) is 37.3 Å². The van der Waals surface area contributed by atoms with Crippen LogP contribution in [0.15, 0.2) is 47.1 Å². The minimum atomic E-state index is -0.100. The molecule has 1 aliphatic heterocycles. The summed E-state index contributed by atoms with van der Waals surface area (Å²) >= 11 is 0. The van der Waals surface area contributed by atoms with E-state index in [1.165, 1.54) is 0 Å².